The van der Waals surface area contributed by atoms with Gasteiger partial charge in [0, 0.05) is 18.2 Å². The third kappa shape index (κ3) is 5.09. The Bertz CT molecular complexity index is 899. The van der Waals surface area contributed by atoms with Crippen LogP contribution in [0.15, 0.2) is 42.5 Å². The zero-order valence-electron chi connectivity index (χ0n) is 13.4. The number of non-ortho nitro benzene ring substituents is 2. The molecule has 140 valence electrons. The lowest BCUT2D eigenvalue weighted by molar-refractivity contribution is -0.393. The van der Waals surface area contributed by atoms with Gasteiger partial charge < -0.3 is 4.74 Å². The van der Waals surface area contributed by atoms with E-state index in [4.69, 9.17) is 4.74 Å². The molecule has 0 atom stereocenters. The molecule has 0 saturated carbocycles. The Morgan fingerprint density at radius 2 is 1.48 bits per heavy atom. The minimum absolute atomic E-state index is 0.140. The summed E-state index contributed by atoms with van der Waals surface area (Å²) in [6, 6.07) is 7.88. The van der Waals surface area contributed by atoms with Crippen LogP contribution in [-0.2, 0) is 4.79 Å². The molecule has 0 spiro atoms. The monoisotopic (exact) mass is 377 g/mol. The minimum Gasteiger partial charge on any atom is -0.484 e. The van der Waals surface area contributed by atoms with E-state index in [1.165, 1.54) is 24.3 Å². The van der Waals surface area contributed by atoms with Crippen LogP contribution in [0.5, 0.6) is 5.75 Å². The summed E-state index contributed by atoms with van der Waals surface area (Å²) in [4.78, 5) is 41.7. The molecule has 2 aromatic carbocycles. The Morgan fingerprint density at radius 1 is 0.889 bits per heavy atom. The number of nitro groups is 3. The maximum absolute atomic E-state index is 11.7. The molecular formula is C14H11N5O8. The van der Waals surface area contributed by atoms with Gasteiger partial charge in [-0.3, -0.25) is 46.0 Å². The Labute approximate surface area is 150 Å². The quantitative estimate of drug-likeness (QED) is 0.513. The smallest absolute Gasteiger partial charge is 0.300 e. The summed E-state index contributed by atoms with van der Waals surface area (Å²) < 4.78 is 5.12. The first kappa shape index (κ1) is 19.0. The number of carbonyl (C=O) groups is 1. The van der Waals surface area contributed by atoms with E-state index >= 15 is 0 Å². The Morgan fingerprint density at radius 3 is 2.04 bits per heavy atom. The second-order valence-corrected chi connectivity index (χ2v) is 4.93. The average molecular weight is 377 g/mol. The van der Waals surface area contributed by atoms with Gasteiger partial charge in [0.2, 0.25) is 0 Å². The molecule has 0 aliphatic heterocycles. The summed E-state index contributed by atoms with van der Waals surface area (Å²) in [5, 5.41) is 32.2. The number of nitrogens with one attached hydrogen (secondary N) is 2. The molecule has 13 nitrogen and oxygen atoms in total. The molecular weight excluding hydrogens is 366 g/mol. The summed E-state index contributed by atoms with van der Waals surface area (Å²) >= 11 is 0. The first-order chi connectivity index (χ1) is 12.8. The normalized spacial score (nSPS) is 9.93. The van der Waals surface area contributed by atoms with Crippen LogP contribution in [0.4, 0.5) is 22.7 Å². The molecule has 0 unspecified atom stereocenters. The van der Waals surface area contributed by atoms with Gasteiger partial charge in [-0.05, 0) is 18.2 Å². The molecule has 0 radical (unpaired) electrons. The van der Waals surface area contributed by atoms with Crippen LogP contribution in [0, 0.1) is 30.3 Å². The van der Waals surface area contributed by atoms with Crippen molar-refractivity contribution in [3.8, 4) is 5.75 Å². The fourth-order valence-corrected chi connectivity index (χ4v) is 1.88. The molecule has 0 aliphatic rings. The first-order valence-corrected chi connectivity index (χ1v) is 7.13. The van der Waals surface area contributed by atoms with E-state index in [0.717, 1.165) is 18.2 Å². The predicted octanol–water partition coefficient (Wildman–Crippen LogP) is 1.93. The topological polar surface area (TPSA) is 180 Å². The number of hydrogen-bond acceptors (Lipinski definition) is 9. The number of rotatable bonds is 8. The number of amides is 1. The van der Waals surface area contributed by atoms with Gasteiger partial charge >= 0.3 is 5.69 Å². The van der Waals surface area contributed by atoms with Gasteiger partial charge in [0.05, 0.1) is 20.8 Å². The Balaban J connectivity index is 1.94. The molecule has 1 amide bonds. The predicted molar refractivity (Wildman–Crippen MR) is 90.1 cm³/mol. The molecule has 0 heterocycles. The largest absolute Gasteiger partial charge is 0.484 e. The van der Waals surface area contributed by atoms with Gasteiger partial charge in [-0.1, -0.05) is 0 Å². The molecule has 27 heavy (non-hydrogen) atoms. The van der Waals surface area contributed by atoms with Gasteiger partial charge in [-0.15, -0.1) is 0 Å². The second-order valence-electron chi connectivity index (χ2n) is 4.93. The Hall–Kier alpha value is -4.29. The summed E-state index contributed by atoms with van der Waals surface area (Å²) in [7, 11) is 0. The molecule has 2 aromatic rings. The van der Waals surface area contributed by atoms with E-state index in [9.17, 15) is 35.1 Å². The molecule has 0 bridgehead atoms. The van der Waals surface area contributed by atoms with Gasteiger partial charge in [-0.2, -0.15) is 0 Å². The SMILES string of the molecule is O=C(COc1ccc([N+](=O)[O-])cc1)NNc1ccc([N+](=O)[O-])cc1[N+](=O)[O-]. The maximum atomic E-state index is 11.7. The van der Waals surface area contributed by atoms with Crippen molar-refractivity contribution in [2.24, 2.45) is 0 Å². The highest BCUT2D eigenvalue weighted by atomic mass is 16.6. The standard InChI is InChI=1S/C14H11N5O8/c20-14(8-27-11-4-1-9(2-5-11)17(21)22)16-15-12-6-3-10(18(23)24)7-13(12)19(25)26/h1-7,15H,8H2,(H,16,20). The molecule has 0 saturated heterocycles. The van der Waals surface area contributed by atoms with E-state index in [0.29, 0.717) is 0 Å². The number of nitrogens with zero attached hydrogens (tertiary/aromatic N) is 3. The van der Waals surface area contributed by atoms with E-state index in [1.807, 2.05) is 0 Å². The highest BCUT2D eigenvalue weighted by molar-refractivity contribution is 5.80. The number of carbonyl (C=O) groups excluding carboxylic acids is 1. The van der Waals surface area contributed by atoms with Crippen molar-refractivity contribution in [1.82, 2.24) is 5.43 Å². The summed E-state index contributed by atoms with van der Waals surface area (Å²) in [6.07, 6.45) is 0. The van der Waals surface area contributed by atoms with Crippen LogP contribution in [-0.4, -0.2) is 27.3 Å². The van der Waals surface area contributed by atoms with Crippen molar-refractivity contribution >= 4 is 28.7 Å². The minimum atomic E-state index is -0.838. The van der Waals surface area contributed by atoms with Crippen molar-refractivity contribution in [1.29, 1.82) is 0 Å². The zero-order valence-corrected chi connectivity index (χ0v) is 13.4. The van der Waals surface area contributed by atoms with Crippen LogP contribution >= 0.6 is 0 Å². The van der Waals surface area contributed by atoms with Gasteiger partial charge in [0.15, 0.2) is 6.61 Å². The van der Waals surface area contributed by atoms with Crippen LogP contribution < -0.4 is 15.6 Å². The number of benzene rings is 2. The lowest BCUT2D eigenvalue weighted by Gasteiger charge is -2.10. The molecule has 2 rings (SSSR count). The number of hydrogen-bond donors (Lipinski definition) is 2. The molecule has 0 aliphatic carbocycles. The third-order valence-electron chi connectivity index (χ3n) is 3.14. The van der Waals surface area contributed by atoms with Crippen molar-refractivity contribution in [3.05, 3.63) is 72.8 Å². The second kappa shape index (κ2) is 8.19. The van der Waals surface area contributed by atoms with Crippen molar-refractivity contribution in [2.75, 3.05) is 12.0 Å². The first-order valence-electron chi connectivity index (χ1n) is 7.13. The molecule has 13 heteroatoms. The van der Waals surface area contributed by atoms with Crippen LogP contribution in [0.1, 0.15) is 0 Å². The van der Waals surface area contributed by atoms with E-state index in [2.05, 4.69) is 10.9 Å². The van der Waals surface area contributed by atoms with Crippen molar-refractivity contribution < 1.29 is 24.3 Å². The fourth-order valence-electron chi connectivity index (χ4n) is 1.88. The molecule has 0 aromatic heterocycles. The number of anilines is 1. The van der Waals surface area contributed by atoms with E-state index in [1.54, 1.807) is 0 Å². The van der Waals surface area contributed by atoms with Crippen LogP contribution in [0.25, 0.3) is 0 Å². The maximum Gasteiger partial charge on any atom is 0.300 e. The third-order valence-corrected chi connectivity index (χ3v) is 3.14. The highest BCUT2D eigenvalue weighted by Crippen LogP contribution is 2.28. The van der Waals surface area contributed by atoms with Crippen molar-refractivity contribution in [2.45, 2.75) is 0 Å². The van der Waals surface area contributed by atoms with Crippen LogP contribution in [0.3, 0.4) is 0 Å². The number of nitro benzene ring substituents is 3. The molecule has 2 N–H and O–H groups in total. The van der Waals surface area contributed by atoms with Gasteiger partial charge in [0.1, 0.15) is 11.4 Å². The summed E-state index contributed by atoms with van der Waals surface area (Å²) in [6.45, 7) is -0.481. The number of hydrazine groups is 1. The average Bonchev–Trinajstić information content (AvgIpc) is 2.64. The van der Waals surface area contributed by atoms with Crippen LogP contribution in [0.2, 0.25) is 0 Å². The van der Waals surface area contributed by atoms with Crippen molar-refractivity contribution in [3.63, 3.8) is 0 Å². The molecule has 0 fully saturated rings. The highest BCUT2D eigenvalue weighted by Gasteiger charge is 2.19. The van der Waals surface area contributed by atoms with E-state index in [-0.39, 0.29) is 17.1 Å². The summed E-state index contributed by atoms with van der Waals surface area (Å²) in [5.74, 6) is -0.502. The fraction of sp³-hybridized carbons (Fsp3) is 0.0714. The zero-order chi connectivity index (χ0) is 20.0. The number of ether oxygens (including phenoxy) is 1. The lowest BCUT2D eigenvalue weighted by atomic mass is 10.2. The van der Waals surface area contributed by atoms with Gasteiger partial charge in [-0.25, -0.2) is 0 Å². The lowest BCUT2D eigenvalue weighted by Crippen LogP contribution is -2.33. The van der Waals surface area contributed by atoms with Gasteiger partial charge in [0.25, 0.3) is 17.3 Å². The Kier molecular flexibility index (Phi) is 5.78. The van der Waals surface area contributed by atoms with E-state index < -0.39 is 38.7 Å². The summed E-state index contributed by atoms with van der Waals surface area (Å²) in [5.41, 5.74) is 3.07.